The lowest BCUT2D eigenvalue weighted by atomic mass is 10.4. The van der Waals surface area contributed by atoms with E-state index in [2.05, 4.69) is 5.10 Å². The van der Waals surface area contributed by atoms with E-state index in [1.165, 1.54) is 0 Å². The highest BCUT2D eigenvalue weighted by atomic mass is 16.6. The van der Waals surface area contributed by atoms with E-state index < -0.39 is 0 Å². The Kier molecular flexibility index (Phi) is 4.15. The molecule has 0 radical (unpaired) electrons. The molecule has 15 heavy (non-hydrogen) atoms. The predicted molar refractivity (Wildman–Crippen MR) is 54.7 cm³/mol. The van der Waals surface area contributed by atoms with Gasteiger partial charge >= 0.3 is 5.97 Å². The Labute approximate surface area is 89.0 Å². The first-order valence-corrected chi connectivity index (χ1v) is 4.96. The van der Waals surface area contributed by atoms with Crippen LogP contribution in [0.2, 0.25) is 0 Å². The lowest BCUT2D eigenvalue weighted by Gasteiger charge is -2.04. The molecule has 0 amide bonds. The number of nitrogens with zero attached hydrogens (tertiary/aromatic N) is 2. The maximum absolute atomic E-state index is 11.0. The second-order valence-electron chi connectivity index (χ2n) is 3.34. The Bertz CT molecular complexity index is 320. The van der Waals surface area contributed by atoms with Gasteiger partial charge in [0, 0.05) is 6.04 Å². The van der Waals surface area contributed by atoms with Crippen molar-refractivity contribution in [2.24, 2.45) is 0 Å². The van der Waals surface area contributed by atoms with E-state index in [-0.39, 0.29) is 18.6 Å². The Hall–Kier alpha value is -1.52. The molecular formula is C10H16N2O3. The molecule has 0 atom stereocenters. The number of aromatic nitrogens is 2. The van der Waals surface area contributed by atoms with E-state index in [9.17, 15) is 4.79 Å². The third-order valence-electron chi connectivity index (χ3n) is 1.77. The molecule has 1 aromatic heterocycles. The van der Waals surface area contributed by atoms with Crippen LogP contribution >= 0.6 is 0 Å². The quantitative estimate of drug-likeness (QED) is 0.692. The van der Waals surface area contributed by atoms with E-state index in [1.54, 1.807) is 24.0 Å². The minimum atomic E-state index is -0.366. The first kappa shape index (κ1) is 11.6. The number of ether oxygens (including phenoxy) is 2. The molecule has 1 rings (SSSR count). The van der Waals surface area contributed by atoms with Crippen molar-refractivity contribution < 1.29 is 14.3 Å². The molecule has 1 heterocycles. The van der Waals surface area contributed by atoms with E-state index in [1.807, 2.05) is 13.8 Å². The second kappa shape index (κ2) is 5.38. The van der Waals surface area contributed by atoms with Crippen LogP contribution in [0.5, 0.6) is 5.75 Å². The predicted octanol–water partition coefficient (Wildman–Crippen LogP) is 1.41. The minimum absolute atomic E-state index is 0.0718. The van der Waals surface area contributed by atoms with Crippen LogP contribution in [0.25, 0.3) is 0 Å². The first-order chi connectivity index (χ1) is 7.13. The van der Waals surface area contributed by atoms with Crippen molar-refractivity contribution in [2.75, 3.05) is 13.2 Å². The van der Waals surface area contributed by atoms with Gasteiger partial charge in [0.25, 0.3) is 0 Å². The van der Waals surface area contributed by atoms with E-state index in [0.717, 1.165) is 0 Å². The Morgan fingerprint density at radius 3 is 2.87 bits per heavy atom. The molecule has 0 fully saturated rings. The fourth-order valence-electron chi connectivity index (χ4n) is 1.02. The largest absolute Gasteiger partial charge is 0.479 e. The van der Waals surface area contributed by atoms with Gasteiger partial charge in [0.2, 0.25) is 0 Å². The topological polar surface area (TPSA) is 53.4 Å². The molecular weight excluding hydrogens is 196 g/mol. The molecule has 0 unspecified atom stereocenters. The van der Waals surface area contributed by atoms with Crippen molar-refractivity contribution in [1.82, 2.24) is 9.78 Å². The number of rotatable bonds is 5. The highest BCUT2D eigenvalue weighted by Gasteiger charge is 2.05. The lowest BCUT2D eigenvalue weighted by molar-refractivity contribution is -0.145. The molecule has 0 spiro atoms. The average molecular weight is 212 g/mol. The van der Waals surface area contributed by atoms with Gasteiger partial charge in [-0.2, -0.15) is 5.10 Å². The smallest absolute Gasteiger partial charge is 0.344 e. The van der Waals surface area contributed by atoms with Crippen molar-refractivity contribution in [3.05, 3.63) is 12.4 Å². The van der Waals surface area contributed by atoms with Crippen LogP contribution in [0.4, 0.5) is 0 Å². The number of carbonyl (C=O) groups is 1. The summed E-state index contributed by atoms with van der Waals surface area (Å²) in [6, 6.07) is 0.282. The number of esters is 1. The summed E-state index contributed by atoms with van der Waals surface area (Å²) in [7, 11) is 0. The maximum Gasteiger partial charge on any atom is 0.344 e. The zero-order chi connectivity index (χ0) is 11.3. The summed E-state index contributed by atoms with van der Waals surface area (Å²) in [6.07, 6.45) is 3.34. The Morgan fingerprint density at radius 1 is 1.60 bits per heavy atom. The highest BCUT2D eigenvalue weighted by Crippen LogP contribution is 2.12. The second-order valence-corrected chi connectivity index (χ2v) is 3.34. The summed E-state index contributed by atoms with van der Waals surface area (Å²) >= 11 is 0. The summed E-state index contributed by atoms with van der Waals surface area (Å²) in [5, 5.41) is 4.08. The van der Waals surface area contributed by atoms with Gasteiger partial charge in [-0.15, -0.1) is 0 Å². The average Bonchev–Trinajstić information content (AvgIpc) is 2.63. The van der Waals surface area contributed by atoms with Crippen LogP contribution in [0.15, 0.2) is 12.4 Å². The third-order valence-corrected chi connectivity index (χ3v) is 1.77. The Balaban J connectivity index is 2.41. The normalized spacial score (nSPS) is 10.4. The van der Waals surface area contributed by atoms with Crippen LogP contribution in [0.1, 0.15) is 26.8 Å². The zero-order valence-corrected chi connectivity index (χ0v) is 9.27. The summed E-state index contributed by atoms with van der Waals surface area (Å²) in [5.74, 6) is 0.214. The number of hydrogen-bond donors (Lipinski definition) is 0. The molecule has 5 heteroatoms. The molecule has 84 valence electrons. The van der Waals surface area contributed by atoms with Gasteiger partial charge < -0.3 is 9.47 Å². The summed E-state index contributed by atoms with van der Waals surface area (Å²) in [4.78, 5) is 11.0. The highest BCUT2D eigenvalue weighted by molar-refractivity contribution is 5.71. The van der Waals surface area contributed by atoms with Crippen LogP contribution in [-0.4, -0.2) is 29.0 Å². The molecule has 0 bridgehead atoms. The number of carbonyl (C=O) groups excluding carboxylic acids is 1. The fourth-order valence-corrected chi connectivity index (χ4v) is 1.02. The summed E-state index contributed by atoms with van der Waals surface area (Å²) < 4.78 is 11.7. The van der Waals surface area contributed by atoms with Crippen LogP contribution in [-0.2, 0) is 9.53 Å². The monoisotopic (exact) mass is 212 g/mol. The van der Waals surface area contributed by atoms with E-state index >= 15 is 0 Å². The van der Waals surface area contributed by atoms with Crippen molar-refractivity contribution in [3.63, 3.8) is 0 Å². The van der Waals surface area contributed by atoms with Gasteiger partial charge in [-0.1, -0.05) is 0 Å². The van der Waals surface area contributed by atoms with Crippen LogP contribution in [0, 0.1) is 0 Å². The standard InChI is InChI=1S/C10H16N2O3/c1-4-14-10(13)7-15-9-5-11-12(6-9)8(2)3/h5-6,8H,4,7H2,1-3H3. The van der Waals surface area contributed by atoms with Gasteiger partial charge in [0.05, 0.1) is 19.0 Å². The lowest BCUT2D eigenvalue weighted by Crippen LogP contribution is -2.14. The van der Waals surface area contributed by atoms with Crippen molar-refractivity contribution in [1.29, 1.82) is 0 Å². The first-order valence-electron chi connectivity index (χ1n) is 4.96. The molecule has 0 aliphatic rings. The molecule has 0 N–H and O–H groups in total. The molecule has 5 nitrogen and oxygen atoms in total. The number of hydrogen-bond acceptors (Lipinski definition) is 4. The van der Waals surface area contributed by atoms with Crippen molar-refractivity contribution in [2.45, 2.75) is 26.8 Å². The van der Waals surface area contributed by atoms with Gasteiger partial charge in [-0.3, -0.25) is 4.68 Å². The van der Waals surface area contributed by atoms with Crippen LogP contribution in [0.3, 0.4) is 0 Å². The van der Waals surface area contributed by atoms with Crippen molar-refractivity contribution in [3.8, 4) is 5.75 Å². The summed E-state index contributed by atoms with van der Waals surface area (Å²) in [5.41, 5.74) is 0. The van der Waals surface area contributed by atoms with Gasteiger partial charge in [-0.05, 0) is 20.8 Å². The zero-order valence-electron chi connectivity index (χ0n) is 9.27. The van der Waals surface area contributed by atoms with Crippen molar-refractivity contribution >= 4 is 5.97 Å². The molecule has 1 aromatic rings. The van der Waals surface area contributed by atoms with E-state index in [0.29, 0.717) is 12.4 Å². The summed E-state index contributed by atoms with van der Waals surface area (Å²) in [6.45, 7) is 6.09. The maximum atomic E-state index is 11.0. The minimum Gasteiger partial charge on any atom is -0.479 e. The van der Waals surface area contributed by atoms with Gasteiger partial charge in [0.15, 0.2) is 12.4 Å². The molecule has 0 aromatic carbocycles. The Morgan fingerprint density at radius 2 is 2.33 bits per heavy atom. The fraction of sp³-hybridized carbons (Fsp3) is 0.600. The molecule has 0 saturated carbocycles. The van der Waals surface area contributed by atoms with Gasteiger partial charge in [0.1, 0.15) is 0 Å². The molecule has 0 saturated heterocycles. The third kappa shape index (κ3) is 3.61. The van der Waals surface area contributed by atoms with Crippen LogP contribution < -0.4 is 4.74 Å². The van der Waals surface area contributed by atoms with Gasteiger partial charge in [-0.25, -0.2) is 4.79 Å². The SMILES string of the molecule is CCOC(=O)COc1cnn(C(C)C)c1. The van der Waals surface area contributed by atoms with E-state index in [4.69, 9.17) is 9.47 Å². The molecule has 0 aliphatic carbocycles. The molecule has 0 aliphatic heterocycles.